The Morgan fingerprint density at radius 2 is 2.00 bits per heavy atom. The fourth-order valence-electron chi connectivity index (χ4n) is 1.02. The summed E-state index contributed by atoms with van der Waals surface area (Å²) in [5.74, 6) is -0.102. The topological polar surface area (TPSA) is 58.6 Å². The molecule has 0 fully saturated rings. The molecule has 1 N–H and O–H groups in total. The first-order valence-corrected chi connectivity index (χ1v) is 4.57. The Balaban J connectivity index is 3.89. The van der Waals surface area contributed by atoms with Crippen molar-refractivity contribution in [1.82, 2.24) is 10.2 Å². The third-order valence-electron chi connectivity index (χ3n) is 1.80. The highest BCUT2D eigenvalue weighted by Gasteiger charge is 2.11. The molecule has 0 aliphatic carbocycles. The van der Waals surface area contributed by atoms with E-state index in [-0.39, 0.29) is 31.4 Å². The molecular weight excluding hydrogens is 184 g/mol. The van der Waals surface area contributed by atoms with E-state index in [1.807, 2.05) is 6.92 Å². The van der Waals surface area contributed by atoms with Gasteiger partial charge in [-0.1, -0.05) is 6.92 Å². The Morgan fingerprint density at radius 3 is 2.43 bits per heavy atom. The number of hydrogen-bond acceptors (Lipinski definition) is 4. The van der Waals surface area contributed by atoms with Crippen LogP contribution >= 0.6 is 0 Å². The second kappa shape index (κ2) is 7.46. The molecule has 0 aliphatic heterocycles. The van der Waals surface area contributed by atoms with Crippen LogP contribution in [0.2, 0.25) is 0 Å². The van der Waals surface area contributed by atoms with Gasteiger partial charge in [0.1, 0.15) is 6.61 Å². The maximum Gasteiger partial charge on any atom is 0.233 e. The summed E-state index contributed by atoms with van der Waals surface area (Å²) in [7, 11) is 3.06. The molecule has 0 heterocycles. The molecule has 14 heavy (non-hydrogen) atoms. The summed E-state index contributed by atoms with van der Waals surface area (Å²) in [6.45, 7) is 3.19. The zero-order chi connectivity index (χ0) is 11.0. The molecule has 0 aromatic heterocycles. The average molecular weight is 202 g/mol. The minimum Gasteiger partial charge on any atom is -0.377 e. The van der Waals surface area contributed by atoms with E-state index in [0.717, 1.165) is 0 Å². The van der Waals surface area contributed by atoms with Gasteiger partial charge in [-0.3, -0.25) is 14.5 Å². The molecule has 0 bridgehead atoms. The van der Waals surface area contributed by atoms with Crippen LogP contribution in [-0.4, -0.2) is 57.0 Å². The third-order valence-corrected chi connectivity index (χ3v) is 1.80. The summed E-state index contributed by atoms with van der Waals surface area (Å²) >= 11 is 0. The molecule has 0 spiro atoms. The van der Waals surface area contributed by atoms with Gasteiger partial charge in [0.2, 0.25) is 5.91 Å². The van der Waals surface area contributed by atoms with E-state index in [1.165, 1.54) is 7.11 Å². The molecule has 0 saturated heterocycles. The lowest BCUT2D eigenvalue weighted by molar-refractivity contribution is -0.125. The van der Waals surface area contributed by atoms with Gasteiger partial charge in [0.25, 0.3) is 0 Å². The Kier molecular flexibility index (Phi) is 6.96. The van der Waals surface area contributed by atoms with E-state index in [4.69, 9.17) is 4.74 Å². The van der Waals surface area contributed by atoms with E-state index in [1.54, 1.807) is 11.9 Å². The largest absolute Gasteiger partial charge is 0.377 e. The number of carbonyl (C=O) groups is 2. The summed E-state index contributed by atoms with van der Waals surface area (Å²) < 4.78 is 4.70. The summed E-state index contributed by atoms with van der Waals surface area (Å²) in [6.07, 6.45) is 0. The minimum absolute atomic E-state index is 0.0155. The lowest BCUT2D eigenvalue weighted by Gasteiger charge is -2.17. The zero-order valence-electron chi connectivity index (χ0n) is 9.00. The van der Waals surface area contributed by atoms with E-state index in [2.05, 4.69) is 5.32 Å². The smallest absolute Gasteiger partial charge is 0.233 e. The van der Waals surface area contributed by atoms with Gasteiger partial charge in [0, 0.05) is 14.2 Å². The van der Waals surface area contributed by atoms with E-state index in [9.17, 15) is 9.59 Å². The van der Waals surface area contributed by atoms with Gasteiger partial charge in [-0.2, -0.15) is 0 Å². The van der Waals surface area contributed by atoms with Gasteiger partial charge in [0.15, 0.2) is 5.78 Å². The van der Waals surface area contributed by atoms with Gasteiger partial charge in [-0.15, -0.1) is 0 Å². The van der Waals surface area contributed by atoms with E-state index < -0.39 is 0 Å². The number of hydrogen-bond donors (Lipinski definition) is 1. The Bertz CT molecular complexity index is 194. The monoisotopic (exact) mass is 202 g/mol. The quantitative estimate of drug-likeness (QED) is 0.591. The molecule has 5 nitrogen and oxygen atoms in total. The first kappa shape index (κ1) is 13.1. The summed E-state index contributed by atoms with van der Waals surface area (Å²) in [6, 6.07) is 0. The summed E-state index contributed by atoms with van der Waals surface area (Å²) in [4.78, 5) is 24.0. The molecular formula is C9H18N2O3. The van der Waals surface area contributed by atoms with Crippen LogP contribution in [0.15, 0.2) is 0 Å². The van der Waals surface area contributed by atoms with Crippen LogP contribution in [-0.2, 0) is 14.3 Å². The fourth-order valence-corrected chi connectivity index (χ4v) is 1.02. The van der Waals surface area contributed by atoms with Crippen molar-refractivity contribution in [1.29, 1.82) is 0 Å². The molecule has 0 aromatic carbocycles. The minimum atomic E-state index is -0.0860. The van der Waals surface area contributed by atoms with Crippen LogP contribution in [0, 0.1) is 0 Å². The predicted molar refractivity (Wildman–Crippen MR) is 53.1 cm³/mol. The number of ether oxygens (including phenoxy) is 1. The highest BCUT2D eigenvalue weighted by atomic mass is 16.5. The number of amides is 1. The Hall–Kier alpha value is -0.940. The molecule has 82 valence electrons. The van der Waals surface area contributed by atoms with Crippen molar-refractivity contribution in [3.05, 3.63) is 0 Å². The van der Waals surface area contributed by atoms with Crippen LogP contribution in [0.5, 0.6) is 0 Å². The van der Waals surface area contributed by atoms with Crippen molar-refractivity contribution in [2.75, 3.05) is 40.4 Å². The van der Waals surface area contributed by atoms with Gasteiger partial charge in [0.05, 0.1) is 13.1 Å². The second-order valence-electron chi connectivity index (χ2n) is 2.95. The number of rotatable bonds is 7. The molecule has 0 aliphatic rings. The highest BCUT2D eigenvalue weighted by molar-refractivity contribution is 5.83. The lowest BCUT2D eigenvalue weighted by atomic mass is 10.3. The molecule has 0 aromatic rings. The number of likely N-dealkylation sites (N-methyl/N-ethyl adjacent to an activating group) is 2. The standard InChI is InChI=1S/C9H18N2O3/c1-4-11(6-9(13)10-2)5-8(12)7-14-3/h4-7H2,1-3H3,(H,10,13). The van der Waals surface area contributed by atoms with E-state index in [0.29, 0.717) is 6.54 Å². The second-order valence-corrected chi connectivity index (χ2v) is 2.95. The molecule has 0 radical (unpaired) electrons. The van der Waals surface area contributed by atoms with Crippen molar-refractivity contribution in [2.45, 2.75) is 6.92 Å². The number of Topliss-reactive ketones (excluding diaryl/α,β-unsaturated/α-hetero) is 1. The van der Waals surface area contributed by atoms with Gasteiger partial charge in [-0.25, -0.2) is 0 Å². The predicted octanol–water partition coefficient (Wildman–Crippen LogP) is -0.730. The van der Waals surface area contributed by atoms with Crippen molar-refractivity contribution < 1.29 is 14.3 Å². The molecule has 1 amide bonds. The Labute approximate surface area is 84.4 Å². The van der Waals surface area contributed by atoms with Crippen molar-refractivity contribution >= 4 is 11.7 Å². The SMILES string of the molecule is CCN(CC(=O)COC)CC(=O)NC. The van der Waals surface area contributed by atoms with Crippen LogP contribution in [0.3, 0.4) is 0 Å². The van der Waals surface area contributed by atoms with E-state index >= 15 is 0 Å². The highest BCUT2D eigenvalue weighted by Crippen LogP contribution is 1.88. The van der Waals surface area contributed by atoms with Crippen molar-refractivity contribution in [3.8, 4) is 0 Å². The van der Waals surface area contributed by atoms with Crippen LogP contribution in [0.1, 0.15) is 6.92 Å². The first-order chi connectivity index (χ1) is 6.63. The molecule has 5 heteroatoms. The van der Waals surface area contributed by atoms with Gasteiger partial charge in [-0.05, 0) is 6.54 Å². The number of methoxy groups -OCH3 is 1. The van der Waals surface area contributed by atoms with Crippen LogP contribution < -0.4 is 5.32 Å². The van der Waals surface area contributed by atoms with Crippen molar-refractivity contribution in [2.24, 2.45) is 0 Å². The Morgan fingerprint density at radius 1 is 1.36 bits per heavy atom. The van der Waals surface area contributed by atoms with Gasteiger partial charge < -0.3 is 10.1 Å². The average Bonchev–Trinajstić information content (AvgIpc) is 2.16. The van der Waals surface area contributed by atoms with Crippen LogP contribution in [0.4, 0.5) is 0 Å². The number of ketones is 1. The maximum atomic E-state index is 11.2. The van der Waals surface area contributed by atoms with Crippen molar-refractivity contribution in [3.63, 3.8) is 0 Å². The molecule has 0 rings (SSSR count). The fraction of sp³-hybridized carbons (Fsp3) is 0.778. The number of nitrogens with zero attached hydrogens (tertiary/aromatic N) is 1. The first-order valence-electron chi connectivity index (χ1n) is 4.57. The maximum absolute atomic E-state index is 11.2. The third kappa shape index (κ3) is 5.66. The lowest BCUT2D eigenvalue weighted by Crippen LogP contribution is -2.39. The number of nitrogens with one attached hydrogen (secondary N) is 1. The molecule has 0 unspecified atom stereocenters. The van der Waals surface area contributed by atoms with Gasteiger partial charge >= 0.3 is 0 Å². The number of carbonyl (C=O) groups excluding carboxylic acids is 2. The molecule has 0 atom stereocenters. The normalized spacial score (nSPS) is 10.3. The van der Waals surface area contributed by atoms with Crippen LogP contribution in [0.25, 0.3) is 0 Å². The zero-order valence-corrected chi connectivity index (χ0v) is 9.00. The summed E-state index contributed by atoms with van der Waals surface area (Å²) in [5, 5.41) is 2.51. The molecule has 0 saturated carbocycles. The summed E-state index contributed by atoms with van der Waals surface area (Å²) in [5.41, 5.74) is 0.